The van der Waals surface area contributed by atoms with E-state index >= 15 is 0 Å². The first-order chi connectivity index (χ1) is 2.50. The number of hydrogen-bond donors (Lipinski definition) is 0. The van der Waals surface area contributed by atoms with Gasteiger partial charge in [0.1, 0.15) is 0 Å². The van der Waals surface area contributed by atoms with Crippen LogP contribution in [0.1, 0.15) is 0 Å². The third-order valence-corrected chi connectivity index (χ3v) is 1.05. The van der Waals surface area contributed by atoms with Crippen LogP contribution in [0.5, 0.6) is 0 Å². The molecule has 0 aliphatic carbocycles. The molecule has 0 aliphatic rings. The van der Waals surface area contributed by atoms with Gasteiger partial charge in [0.05, 0.1) is 0 Å². The van der Waals surface area contributed by atoms with E-state index in [2.05, 4.69) is 0 Å². The summed E-state index contributed by atoms with van der Waals surface area (Å²) in [4.78, 5) is 0. The fourth-order valence-electron chi connectivity index (χ4n) is 0.227. The van der Waals surface area contributed by atoms with Crippen molar-refractivity contribution in [3.05, 3.63) is 22.9 Å². The molecule has 1 aromatic rings. The summed E-state index contributed by atoms with van der Waals surface area (Å²) in [6.07, 6.45) is 0. The van der Waals surface area contributed by atoms with E-state index in [1.54, 1.807) is 11.3 Å². The van der Waals surface area contributed by atoms with Gasteiger partial charge in [0.25, 0.3) is 0 Å². The average molecular weight is 274 g/mol. The van der Waals surface area contributed by atoms with Gasteiger partial charge < -0.3 is 0 Å². The first-order valence-corrected chi connectivity index (χ1v) is 2.41. The smallest absolute Gasteiger partial charge is 0 e. The predicted octanol–water partition coefficient (Wildman–Crippen LogP) is 1.75. The normalized spacial score (nSPS) is 6.67. The first kappa shape index (κ1) is 6.34. The van der Waals surface area contributed by atoms with Crippen LogP contribution in [0, 0.1) is 0 Å². The van der Waals surface area contributed by atoms with Crippen LogP contribution in [-0.4, -0.2) is 0 Å². The second kappa shape index (κ2) is 3.52. The van der Waals surface area contributed by atoms with Crippen molar-refractivity contribution in [3.8, 4) is 0 Å². The van der Waals surface area contributed by atoms with Crippen LogP contribution in [0.2, 0.25) is 0 Å². The van der Waals surface area contributed by atoms with E-state index in [0.29, 0.717) is 0 Å². The number of rotatable bonds is 0. The van der Waals surface area contributed by atoms with Gasteiger partial charge in [0, 0.05) is 19.8 Å². The largest absolute Gasteiger partial charge is 0.152 e. The molecular weight excluding hydrogens is 270 g/mol. The SMILES string of the molecule is [Os].c1ccsc1. The fourth-order valence-corrected chi connectivity index (χ4v) is 0.680. The summed E-state index contributed by atoms with van der Waals surface area (Å²) in [5.74, 6) is 0. The van der Waals surface area contributed by atoms with Gasteiger partial charge in [-0.25, -0.2) is 0 Å². The van der Waals surface area contributed by atoms with Crippen molar-refractivity contribution in [2.45, 2.75) is 0 Å². The molecule has 0 saturated carbocycles. The third-order valence-electron chi connectivity index (χ3n) is 0.425. The zero-order valence-electron chi connectivity index (χ0n) is 3.07. The van der Waals surface area contributed by atoms with Crippen molar-refractivity contribution < 1.29 is 19.8 Å². The van der Waals surface area contributed by atoms with Gasteiger partial charge in [-0.2, -0.15) is 11.3 Å². The molecule has 0 bridgehead atoms. The van der Waals surface area contributed by atoms with Crippen molar-refractivity contribution >= 4 is 11.3 Å². The zero-order chi connectivity index (χ0) is 3.54. The van der Waals surface area contributed by atoms with Crippen molar-refractivity contribution in [1.29, 1.82) is 0 Å². The van der Waals surface area contributed by atoms with Crippen molar-refractivity contribution in [1.82, 2.24) is 0 Å². The Morgan fingerprint density at radius 1 is 1.00 bits per heavy atom. The van der Waals surface area contributed by atoms with Crippen LogP contribution in [0.15, 0.2) is 22.9 Å². The summed E-state index contributed by atoms with van der Waals surface area (Å²) in [6, 6.07) is 4.04. The molecule has 0 amide bonds. The van der Waals surface area contributed by atoms with E-state index in [9.17, 15) is 0 Å². The van der Waals surface area contributed by atoms with Gasteiger partial charge >= 0.3 is 0 Å². The van der Waals surface area contributed by atoms with Gasteiger partial charge in [-0.15, -0.1) is 0 Å². The fraction of sp³-hybridized carbons (Fsp3) is 0. The van der Waals surface area contributed by atoms with Gasteiger partial charge in [-0.3, -0.25) is 0 Å². The summed E-state index contributed by atoms with van der Waals surface area (Å²) >= 11 is 1.71. The Bertz CT molecular complexity index is 64.0. The molecule has 0 radical (unpaired) electrons. The van der Waals surface area contributed by atoms with Crippen molar-refractivity contribution in [2.75, 3.05) is 0 Å². The maximum atomic E-state index is 2.04. The van der Waals surface area contributed by atoms with E-state index in [0.717, 1.165) is 0 Å². The molecule has 1 rings (SSSR count). The molecule has 0 spiro atoms. The topological polar surface area (TPSA) is 0 Å². The molecule has 0 aromatic carbocycles. The van der Waals surface area contributed by atoms with E-state index < -0.39 is 0 Å². The standard InChI is InChI=1S/C4H4S.Os/c1-2-4-5-3-1;/h1-4H;. The monoisotopic (exact) mass is 276 g/mol. The summed E-state index contributed by atoms with van der Waals surface area (Å²) in [7, 11) is 0. The van der Waals surface area contributed by atoms with E-state index in [-0.39, 0.29) is 19.8 Å². The Kier molecular flexibility index (Phi) is 3.72. The molecule has 2 heteroatoms. The van der Waals surface area contributed by atoms with Crippen molar-refractivity contribution in [2.24, 2.45) is 0 Å². The van der Waals surface area contributed by atoms with Crippen LogP contribution in [0.3, 0.4) is 0 Å². The second-order valence-corrected chi connectivity index (χ2v) is 1.61. The average Bonchev–Trinajstić information content (AvgIpc) is 1.76. The molecule has 0 saturated heterocycles. The van der Waals surface area contributed by atoms with E-state index in [1.807, 2.05) is 22.9 Å². The summed E-state index contributed by atoms with van der Waals surface area (Å²) in [5, 5.41) is 4.08. The maximum Gasteiger partial charge on any atom is 0 e. The van der Waals surface area contributed by atoms with Crippen LogP contribution in [0.25, 0.3) is 0 Å². The molecule has 0 aliphatic heterocycles. The van der Waals surface area contributed by atoms with Crippen LogP contribution in [0.4, 0.5) is 0 Å². The first-order valence-electron chi connectivity index (χ1n) is 1.47. The Balaban J connectivity index is 0.000000250. The van der Waals surface area contributed by atoms with Gasteiger partial charge in [-0.05, 0) is 10.8 Å². The van der Waals surface area contributed by atoms with Crippen LogP contribution >= 0.6 is 11.3 Å². The van der Waals surface area contributed by atoms with Crippen LogP contribution < -0.4 is 0 Å². The van der Waals surface area contributed by atoms with E-state index in [1.165, 1.54) is 0 Å². The molecule has 0 unspecified atom stereocenters. The molecular formula is C4H4OsS. The van der Waals surface area contributed by atoms with Gasteiger partial charge in [0.15, 0.2) is 0 Å². The molecule has 34 valence electrons. The summed E-state index contributed by atoms with van der Waals surface area (Å²) in [6.45, 7) is 0. The van der Waals surface area contributed by atoms with E-state index in [4.69, 9.17) is 0 Å². The van der Waals surface area contributed by atoms with Gasteiger partial charge in [-0.1, -0.05) is 12.1 Å². The molecule has 1 heterocycles. The quantitative estimate of drug-likeness (QED) is 0.676. The summed E-state index contributed by atoms with van der Waals surface area (Å²) < 4.78 is 0. The predicted molar refractivity (Wildman–Crippen MR) is 24.3 cm³/mol. The minimum atomic E-state index is 0. The summed E-state index contributed by atoms with van der Waals surface area (Å²) in [5.41, 5.74) is 0. The van der Waals surface area contributed by atoms with Crippen molar-refractivity contribution in [3.63, 3.8) is 0 Å². The molecule has 0 fully saturated rings. The Labute approximate surface area is 54.3 Å². The molecule has 0 nitrogen and oxygen atoms in total. The van der Waals surface area contributed by atoms with Crippen LogP contribution in [-0.2, 0) is 19.8 Å². The molecule has 6 heavy (non-hydrogen) atoms. The third kappa shape index (κ3) is 1.70. The minimum absolute atomic E-state index is 0. The maximum absolute atomic E-state index is 2.04. The molecule has 1 aromatic heterocycles. The zero-order valence-corrected chi connectivity index (χ0v) is 6.43. The Morgan fingerprint density at radius 3 is 1.67 bits per heavy atom. The molecule has 0 atom stereocenters. The minimum Gasteiger partial charge on any atom is -0.152 e. The Hall–Kier alpha value is 0.336. The molecule has 0 N–H and O–H groups in total. The number of thiophene rings is 1. The second-order valence-electron chi connectivity index (χ2n) is 0.793. The number of hydrogen-bond acceptors (Lipinski definition) is 1. The van der Waals surface area contributed by atoms with Gasteiger partial charge in [0.2, 0.25) is 0 Å². The Morgan fingerprint density at radius 2 is 1.50 bits per heavy atom.